The lowest BCUT2D eigenvalue weighted by atomic mass is 10.2. The number of carboxylic acid groups (broad SMARTS) is 1. The van der Waals surface area contributed by atoms with E-state index in [1.807, 2.05) is 13.0 Å². The van der Waals surface area contributed by atoms with Gasteiger partial charge < -0.3 is 19.3 Å². The van der Waals surface area contributed by atoms with E-state index in [9.17, 15) is 9.59 Å². The SMILES string of the molecule is CCc1nc2ccc(Br)cc2c(=O)n1N=Cc1cc(OC)c(O[C@@H](C)C(=O)O)c(OC)c1. The number of benzene rings is 2. The van der Waals surface area contributed by atoms with Gasteiger partial charge in [0, 0.05) is 16.5 Å². The maximum Gasteiger partial charge on any atom is 0.344 e. The molecule has 10 heteroatoms. The first-order valence-corrected chi connectivity index (χ1v) is 10.5. The van der Waals surface area contributed by atoms with E-state index in [1.54, 1.807) is 24.3 Å². The molecule has 32 heavy (non-hydrogen) atoms. The number of hydrogen-bond acceptors (Lipinski definition) is 7. The number of aryl methyl sites for hydroxylation is 1. The first-order chi connectivity index (χ1) is 15.3. The summed E-state index contributed by atoms with van der Waals surface area (Å²) >= 11 is 3.38. The van der Waals surface area contributed by atoms with Gasteiger partial charge in [0.2, 0.25) is 5.75 Å². The van der Waals surface area contributed by atoms with Gasteiger partial charge in [-0.05, 0) is 37.3 Å². The van der Waals surface area contributed by atoms with Crippen LogP contribution in [0, 0.1) is 0 Å². The zero-order valence-electron chi connectivity index (χ0n) is 18.0. The Bertz CT molecular complexity index is 1230. The lowest BCUT2D eigenvalue weighted by molar-refractivity contribution is -0.144. The summed E-state index contributed by atoms with van der Waals surface area (Å²) in [6.45, 7) is 3.29. The summed E-state index contributed by atoms with van der Waals surface area (Å²) in [5.74, 6) is 0.0765. The number of methoxy groups -OCH3 is 2. The molecule has 0 saturated heterocycles. The lowest BCUT2D eigenvalue weighted by Gasteiger charge is -2.17. The Morgan fingerprint density at radius 1 is 1.25 bits per heavy atom. The van der Waals surface area contributed by atoms with E-state index < -0.39 is 12.1 Å². The molecular formula is C22H22BrN3O6. The molecule has 0 spiro atoms. The van der Waals surface area contributed by atoms with Crippen molar-refractivity contribution in [2.24, 2.45) is 5.10 Å². The highest BCUT2D eigenvalue weighted by molar-refractivity contribution is 9.10. The van der Waals surface area contributed by atoms with Gasteiger partial charge in [-0.2, -0.15) is 9.78 Å². The number of halogens is 1. The van der Waals surface area contributed by atoms with Crippen LogP contribution in [0.5, 0.6) is 17.2 Å². The fourth-order valence-corrected chi connectivity index (χ4v) is 3.35. The van der Waals surface area contributed by atoms with Crippen molar-refractivity contribution in [3.63, 3.8) is 0 Å². The van der Waals surface area contributed by atoms with Crippen LogP contribution in [0.15, 0.2) is 44.7 Å². The van der Waals surface area contributed by atoms with Gasteiger partial charge in [-0.1, -0.05) is 22.9 Å². The number of hydrogen-bond donors (Lipinski definition) is 1. The van der Waals surface area contributed by atoms with Crippen molar-refractivity contribution in [1.29, 1.82) is 0 Å². The van der Waals surface area contributed by atoms with Gasteiger partial charge in [0.25, 0.3) is 5.56 Å². The predicted octanol–water partition coefficient (Wildman–Crippen LogP) is 3.47. The lowest BCUT2D eigenvalue weighted by Crippen LogP contribution is -2.23. The monoisotopic (exact) mass is 503 g/mol. The maximum atomic E-state index is 13.0. The molecular weight excluding hydrogens is 482 g/mol. The van der Waals surface area contributed by atoms with E-state index in [0.29, 0.717) is 28.7 Å². The van der Waals surface area contributed by atoms with Crippen LogP contribution in [0.1, 0.15) is 25.2 Å². The van der Waals surface area contributed by atoms with Gasteiger partial charge in [0.05, 0.1) is 31.3 Å². The number of carboxylic acids is 1. The van der Waals surface area contributed by atoms with Crippen LogP contribution in [-0.2, 0) is 11.2 Å². The van der Waals surface area contributed by atoms with Crippen molar-refractivity contribution in [1.82, 2.24) is 9.66 Å². The zero-order chi connectivity index (χ0) is 23.4. The Labute approximate surface area is 192 Å². The van der Waals surface area contributed by atoms with Gasteiger partial charge in [0.1, 0.15) is 5.82 Å². The van der Waals surface area contributed by atoms with Crippen molar-refractivity contribution >= 4 is 39.0 Å². The number of aliphatic carboxylic acids is 1. The van der Waals surface area contributed by atoms with Crippen LogP contribution >= 0.6 is 15.9 Å². The third-order valence-electron chi connectivity index (χ3n) is 4.64. The summed E-state index contributed by atoms with van der Waals surface area (Å²) in [5, 5.41) is 13.9. The second kappa shape index (κ2) is 9.82. The predicted molar refractivity (Wildman–Crippen MR) is 123 cm³/mol. The highest BCUT2D eigenvalue weighted by Gasteiger charge is 2.20. The molecule has 1 aromatic heterocycles. The van der Waals surface area contributed by atoms with E-state index in [2.05, 4.69) is 26.0 Å². The summed E-state index contributed by atoms with van der Waals surface area (Å²) in [7, 11) is 2.86. The Morgan fingerprint density at radius 2 is 1.91 bits per heavy atom. The Hall–Kier alpha value is -3.40. The molecule has 2 aromatic carbocycles. The molecule has 0 radical (unpaired) electrons. The summed E-state index contributed by atoms with van der Waals surface area (Å²) < 4.78 is 18.2. The fraction of sp³-hybridized carbons (Fsp3) is 0.273. The minimum Gasteiger partial charge on any atom is -0.493 e. The van der Waals surface area contributed by atoms with Crippen LogP contribution in [0.3, 0.4) is 0 Å². The highest BCUT2D eigenvalue weighted by atomic mass is 79.9. The number of nitrogens with zero attached hydrogens (tertiary/aromatic N) is 3. The van der Waals surface area contributed by atoms with E-state index in [4.69, 9.17) is 19.3 Å². The largest absolute Gasteiger partial charge is 0.493 e. The van der Waals surface area contributed by atoms with Crippen LogP contribution in [0.2, 0.25) is 0 Å². The third kappa shape index (κ3) is 4.75. The molecule has 0 aliphatic carbocycles. The molecule has 0 aliphatic rings. The first kappa shape index (κ1) is 23.3. The quantitative estimate of drug-likeness (QED) is 0.468. The second-order valence-electron chi connectivity index (χ2n) is 6.76. The molecule has 0 saturated carbocycles. The van der Waals surface area contributed by atoms with E-state index >= 15 is 0 Å². The molecule has 9 nitrogen and oxygen atoms in total. The number of rotatable bonds is 8. The normalized spacial score (nSPS) is 12.2. The minimum absolute atomic E-state index is 0.158. The van der Waals surface area contributed by atoms with Crippen molar-refractivity contribution < 1.29 is 24.1 Å². The van der Waals surface area contributed by atoms with Crippen molar-refractivity contribution in [3.05, 3.63) is 56.5 Å². The molecule has 1 N–H and O–H groups in total. The minimum atomic E-state index is -1.12. The topological polar surface area (TPSA) is 112 Å². The molecule has 0 aliphatic heterocycles. The summed E-state index contributed by atoms with van der Waals surface area (Å²) in [6, 6.07) is 8.53. The highest BCUT2D eigenvalue weighted by Crippen LogP contribution is 2.39. The average Bonchev–Trinajstić information content (AvgIpc) is 2.78. The van der Waals surface area contributed by atoms with Gasteiger partial charge in [0.15, 0.2) is 17.6 Å². The number of ether oxygens (including phenoxy) is 3. The molecule has 168 valence electrons. The maximum absolute atomic E-state index is 13.0. The smallest absolute Gasteiger partial charge is 0.344 e. The number of carbonyl (C=O) groups is 1. The number of fused-ring (bicyclic) bond motifs is 1. The second-order valence-corrected chi connectivity index (χ2v) is 7.67. The Kier molecular flexibility index (Phi) is 7.14. The number of aromatic nitrogens is 2. The van der Waals surface area contributed by atoms with Crippen LogP contribution in [0.25, 0.3) is 10.9 Å². The van der Waals surface area contributed by atoms with E-state index in [0.717, 1.165) is 4.47 Å². The van der Waals surface area contributed by atoms with Gasteiger partial charge in [-0.3, -0.25) is 4.79 Å². The van der Waals surface area contributed by atoms with E-state index in [1.165, 1.54) is 32.0 Å². The van der Waals surface area contributed by atoms with E-state index in [-0.39, 0.29) is 22.8 Å². The average molecular weight is 504 g/mol. The van der Waals surface area contributed by atoms with Crippen LogP contribution < -0.4 is 19.8 Å². The van der Waals surface area contributed by atoms with Crippen LogP contribution in [0.4, 0.5) is 0 Å². The van der Waals surface area contributed by atoms with Crippen molar-refractivity contribution in [2.75, 3.05) is 14.2 Å². The molecule has 0 bridgehead atoms. The van der Waals surface area contributed by atoms with Gasteiger partial charge in [-0.15, -0.1) is 0 Å². The Balaban J connectivity index is 2.08. The molecule has 1 atom stereocenters. The first-order valence-electron chi connectivity index (χ1n) is 9.70. The summed E-state index contributed by atoms with van der Waals surface area (Å²) in [5.41, 5.74) is 0.856. The van der Waals surface area contributed by atoms with Crippen molar-refractivity contribution in [2.45, 2.75) is 26.4 Å². The zero-order valence-corrected chi connectivity index (χ0v) is 19.5. The summed E-state index contributed by atoms with van der Waals surface area (Å²) in [6.07, 6.45) is 0.873. The standard InChI is InChI=1S/C22H22BrN3O6/c1-5-19-25-16-7-6-14(23)10-15(16)21(27)26(19)24-11-13-8-17(30-3)20(18(9-13)31-4)32-12(2)22(28)29/h6-12H,5H2,1-4H3,(H,28,29)/t12-/m0/s1. The molecule has 0 amide bonds. The molecule has 3 rings (SSSR count). The molecule has 3 aromatic rings. The van der Waals surface area contributed by atoms with Crippen molar-refractivity contribution in [3.8, 4) is 17.2 Å². The molecule has 1 heterocycles. The van der Waals surface area contributed by atoms with Gasteiger partial charge >= 0.3 is 5.97 Å². The summed E-state index contributed by atoms with van der Waals surface area (Å²) in [4.78, 5) is 28.7. The molecule has 0 fully saturated rings. The third-order valence-corrected chi connectivity index (χ3v) is 5.13. The Morgan fingerprint density at radius 3 is 2.47 bits per heavy atom. The van der Waals surface area contributed by atoms with Gasteiger partial charge in [-0.25, -0.2) is 9.78 Å². The van der Waals surface area contributed by atoms with Crippen LogP contribution in [-0.4, -0.2) is 47.3 Å². The molecule has 0 unspecified atom stereocenters. The fourth-order valence-electron chi connectivity index (χ4n) is 2.99.